The van der Waals surface area contributed by atoms with Gasteiger partial charge in [-0.15, -0.1) is 0 Å². The molecule has 1 aromatic heterocycles. The maximum atomic E-state index is 13.7. The Morgan fingerprint density at radius 1 is 1.24 bits per heavy atom. The smallest absolute Gasteiger partial charge is 0.165 e. The van der Waals surface area contributed by atoms with Crippen LogP contribution in [0.5, 0.6) is 5.75 Å². The summed E-state index contributed by atoms with van der Waals surface area (Å²) in [5, 5.41) is 11.6. The van der Waals surface area contributed by atoms with Crippen LogP contribution in [-0.2, 0) is 0 Å². The lowest BCUT2D eigenvalue weighted by Gasteiger charge is -2.09. The molecule has 0 aliphatic carbocycles. The Hall–Kier alpha value is -2.04. The van der Waals surface area contributed by atoms with Crippen molar-refractivity contribution in [3.05, 3.63) is 64.6 Å². The zero-order chi connectivity index (χ0) is 15.0. The van der Waals surface area contributed by atoms with E-state index in [1.807, 2.05) is 6.07 Å². The molecule has 0 aliphatic heterocycles. The molecule has 0 aliphatic rings. The number of ether oxygens (including phenoxy) is 1. The van der Waals surface area contributed by atoms with Gasteiger partial charge in [-0.3, -0.25) is 0 Å². The van der Waals surface area contributed by atoms with Crippen molar-refractivity contribution in [1.82, 2.24) is 0 Å². The van der Waals surface area contributed by atoms with Gasteiger partial charge in [-0.25, -0.2) is 4.39 Å². The Bertz CT molecular complexity index is 797. The molecule has 1 unspecified atom stereocenters. The van der Waals surface area contributed by atoms with Gasteiger partial charge in [0.05, 0.1) is 12.1 Å². The number of halogens is 2. The summed E-state index contributed by atoms with van der Waals surface area (Å²) in [6.45, 7) is 0. The Morgan fingerprint density at radius 2 is 2.05 bits per heavy atom. The number of methoxy groups -OCH3 is 1. The fraction of sp³-hybridized carbons (Fsp3) is 0.125. The van der Waals surface area contributed by atoms with Crippen LogP contribution in [0, 0.1) is 5.82 Å². The molecule has 0 spiro atoms. The second-order valence-electron chi connectivity index (χ2n) is 4.60. The monoisotopic (exact) mass is 306 g/mol. The van der Waals surface area contributed by atoms with E-state index in [1.165, 1.54) is 19.2 Å². The molecule has 0 saturated carbocycles. The molecule has 3 aromatic rings. The Kier molecular flexibility index (Phi) is 3.57. The first-order valence-electron chi connectivity index (χ1n) is 6.29. The SMILES string of the molecule is COc1ccc(C(O)c2cc3cccc(Cl)c3o2)cc1F. The first-order valence-corrected chi connectivity index (χ1v) is 6.67. The van der Waals surface area contributed by atoms with Crippen LogP contribution in [0.1, 0.15) is 17.4 Å². The second-order valence-corrected chi connectivity index (χ2v) is 5.01. The molecular weight excluding hydrogens is 295 g/mol. The van der Waals surface area contributed by atoms with Gasteiger partial charge in [-0.1, -0.05) is 29.8 Å². The van der Waals surface area contributed by atoms with E-state index in [2.05, 4.69) is 0 Å². The highest BCUT2D eigenvalue weighted by Crippen LogP contribution is 2.32. The minimum atomic E-state index is -1.08. The topological polar surface area (TPSA) is 42.6 Å². The van der Waals surface area contributed by atoms with Crippen molar-refractivity contribution in [2.75, 3.05) is 7.11 Å². The lowest BCUT2D eigenvalue weighted by atomic mass is 10.1. The predicted octanol–water partition coefficient (Wildman–Crippen LogP) is 4.32. The molecule has 108 valence electrons. The van der Waals surface area contributed by atoms with Crippen LogP contribution < -0.4 is 4.74 Å². The first kappa shape index (κ1) is 13.9. The third kappa shape index (κ3) is 2.48. The molecule has 1 heterocycles. The zero-order valence-corrected chi connectivity index (χ0v) is 11.9. The summed E-state index contributed by atoms with van der Waals surface area (Å²) < 4.78 is 24.1. The van der Waals surface area contributed by atoms with Crippen LogP contribution >= 0.6 is 11.6 Å². The van der Waals surface area contributed by atoms with Crippen molar-refractivity contribution in [2.24, 2.45) is 0 Å². The van der Waals surface area contributed by atoms with Gasteiger partial charge in [0.25, 0.3) is 0 Å². The molecule has 21 heavy (non-hydrogen) atoms. The number of hydrogen-bond acceptors (Lipinski definition) is 3. The summed E-state index contributed by atoms with van der Waals surface area (Å²) in [4.78, 5) is 0. The van der Waals surface area contributed by atoms with E-state index in [0.29, 0.717) is 21.9 Å². The largest absolute Gasteiger partial charge is 0.494 e. The van der Waals surface area contributed by atoms with Crippen molar-refractivity contribution in [3.63, 3.8) is 0 Å². The van der Waals surface area contributed by atoms with Crippen LogP contribution in [0.25, 0.3) is 11.0 Å². The number of fused-ring (bicyclic) bond motifs is 1. The molecule has 1 N–H and O–H groups in total. The highest BCUT2D eigenvalue weighted by Gasteiger charge is 2.18. The van der Waals surface area contributed by atoms with E-state index < -0.39 is 11.9 Å². The number of hydrogen-bond donors (Lipinski definition) is 1. The Labute approximate surface area is 125 Å². The summed E-state index contributed by atoms with van der Waals surface area (Å²) in [6, 6.07) is 11.3. The number of rotatable bonds is 3. The molecule has 1 atom stereocenters. The lowest BCUT2D eigenvalue weighted by molar-refractivity contribution is 0.191. The molecule has 3 rings (SSSR count). The fourth-order valence-corrected chi connectivity index (χ4v) is 2.42. The molecule has 0 bridgehead atoms. The van der Waals surface area contributed by atoms with E-state index in [4.69, 9.17) is 20.8 Å². The lowest BCUT2D eigenvalue weighted by Crippen LogP contribution is -1.99. The summed E-state index contributed by atoms with van der Waals surface area (Å²) in [6.07, 6.45) is -1.08. The van der Waals surface area contributed by atoms with E-state index >= 15 is 0 Å². The quantitative estimate of drug-likeness (QED) is 0.784. The van der Waals surface area contributed by atoms with Crippen molar-refractivity contribution in [2.45, 2.75) is 6.10 Å². The van der Waals surface area contributed by atoms with Crippen LogP contribution in [0.2, 0.25) is 5.02 Å². The first-order chi connectivity index (χ1) is 10.1. The highest BCUT2D eigenvalue weighted by atomic mass is 35.5. The molecule has 0 radical (unpaired) electrons. The second kappa shape index (κ2) is 5.39. The summed E-state index contributed by atoms with van der Waals surface area (Å²) in [5.74, 6) is -0.107. The van der Waals surface area contributed by atoms with Gasteiger partial charge < -0.3 is 14.3 Å². The molecule has 3 nitrogen and oxygen atoms in total. The van der Waals surface area contributed by atoms with E-state index in [0.717, 1.165) is 5.39 Å². The average molecular weight is 307 g/mol. The van der Waals surface area contributed by atoms with Gasteiger partial charge >= 0.3 is 0 Å². The minimum absolute atomic E-state index is 0.124. The van der Waals surface area contributed by atoms with Gasteiger partial charge in [-0.2, -0.15) is 0 Å². The van der Waals surface area contributed by atoms with Crippen molar-refractivity contribution in [1.29, 1.82) is 0 Å². The highest BCUT2D eigenvalue weighted by molar-refractivity contribution is 6.34. The van der Waals surface area contributed by atoms with Gasteiger partial charge in [0.1, 0.15) is 11.9 Å². The van der Waals surface area contributed by atoms with Crippen molar-refractivity contribution >= 4 is 22.6 Å². The molecule has 0 saturated heterocycles. The minimum Gasteiger partial charge on any atom is -0.494 e. The molecule has 0 fully saturated rings. The Morgan fingerprint density at radius 3 is 2.71 bits per heavy atom. The third-order valence-electron chi connectivity index (χ3n) is 3.28. The van der Waals surface area contributed by atoms with Crippen molar-refractivity contribution in [3.8, 4) is 5.75 Å². The molecular formula is C16H12ClFO3. The molecule has 5 heteroatoms. The number of furan rings is 1. The Balaban J connectivity index is 2.01. The standard InChI is InChI=1S/C16H12ClFO3/c1-20-13-6-5-9(7-12(13)18)15(19)14-8-10-3-2-4-11(17)16(10)21-14/h2-8,15,19H,1H3. The van der Waals surface area contributed by atoms with Crippen LogP contribution in [0.4, 0.5) is 4.39 Å². The fourth-order valence-electron chi connectivity index (χ4n) is 2.20. The normalized spacial score (nSPS) is 12.6. The van der Waals surface area contributed by atoms with Crippen LogP contribution in [-0.4, -0.2) is 12.2 Å². The van der Waals surface area contributed by atoms with Gasteiger partial charge in [0.15, 0.2) is 17.1 Å². The van der Waals surface area contributed by atoms with E-state index in [-0.39, 0.29) is 5.75 Å². The summed E-state index contributed by atoms with van der Waals surface area (Å²) in [7, 11) is 1.38. The van der Waals surface area contributed by atoms with Crippen molar-refractivity contribution < 1.29 is 18.7 Å². The van der Waals surface area contributed by atoms with Gasteiger partial charge in [0.2, 0.25) is 0 Å². The van der Waals surface area contributed by atoms with E-state index in [1.54, 1.807) is 24.3 Å². The number of benzene rings is 2. The summed E-state index contributed by atoms with van der Waals surface area (Å²) >= 11 is 6.03. The summed E-state index contributed by atoms with van der Waals surface area (Å²) in [5.41, 5.74) is 0.880. The third-order valence-corrected chi connectivity index (χ3v) is 3.57. The van der Waals surface area contributed by atoms with E-state index in [9.17, 15) is 9.50 Å². The molecule has 0 amide bonds. The van der Waals surface area contributed by atoms with Gasteiger partial charge in [0, 0.05) is 5.39 Å². The predicted molar refractivity (Wildman–Crippen MR) is 78.2 cm³/mol. The van der Waals surface area contributed by atoms with Crippen LogP contribution in [0.15, 0.2) is 46.9 Å². The average Bonchev–Trinajstić information content (AvgIpc) is 2.92. The van der Waals surface area contributed by atoms with Crippen LogP contribution in [0.3, 0.4) is 0 Å². The number of aliphatic hydroxyl groups is 1. The maximum Gasteiger partial charge on any atom is 0.165 e. The number of aliphatic hydroxyl groups excluding tert-OH is 1. The maximum absolute atomic E-state index is 13.7. The van der Waals surface area contributed by atoms with Gasteiger partial charge in [-0.05, 0) is 29.8 Å². The molecule has 2 aromatic carbocycles. The number of para-hydroxylation sites is 1. The zero-order valence-electron chi connectivity index (χ0n) is 11.1.